The molecule has 0 saturated carbocycles. The third-order valence-corrected chi connectivity index (χ3v) is 5.82. The Morgan fingerprint density at radius 3 is 2.77 bits per heavy atom. The molecule has 1 unspecified atom stereocenters. The van der Waals surface area contributed by atoms with Gasteiger partial charge in [0.2, 0.25) is 0 Å². The molecule has 2 heterocycles. The van der Waals surface area contributed by atoms with Crippen LogP contribution in [0.2, 0.25) is 0 Å². The maximum atomic E-state index is 10.3. The number of aliphatic hydroxyl groups excluding tert-OH is 1. The minimum absolute atomic E-state index is 0.0917. The fourth-order valence-corrected chi connectivity index (χ4v) is 4.17. The van der Waals surface area contributed by atoms with E-state index in [-0.39, 0.29) is 6.10 Å². The van der Waals surface area contributed by atoms with Crippen LogP contribution in [0.25, 0.3) is 28.0 Å². The van der Waals surface area contributed by atoms with Crippen LogP contribution in [0.3, 0.4) is 0 Å². The molecule has 30 heavy (non-hydrogen) atoms. The number of aromatic amines is 1. The first-order valence-corrected chi connectivity index (χ1v) is 11.0. The molecule has 0 spiro atoms. The van der Waals surface area contributed by atoms with Gasteiger partial charge in [-0.25, -0.2) is 0 Å². The minimum atomic E-state index is -0.573. The van der Waals surface area contributed by atoms with Crippen molar-refractivity contribution in [3.8, 4) is 17.1 Å². The average Bonchev–Trinajstić information content (AvgIpc) is 3.34. The lowest BCUT2D eigenvalue weighted by molar-refractivity contribution is 0.0152. The zero-order chi connectivity index (χ0) is 21.1. The predicted octanol–water partition coefficient (Wildman–Crippen LogP) is 4.60. The Morgan fingerprint density at radius 2 is 1.97 bits per heavy atom. The largest absolute Gasteiger partial charge is 0.390 e. The maximum Gasteiger partial charge on any atom is 0.196 e. The monoisotopic (exact) mass is 422 g/mol. The average molecular weight is 423 g/mol. The molecule has 0 aliphatic carbocycles. The molecule has 0 aliphatic rings. The lowest BCUT2D eigenvalue weighted by Crippen LogP contribution is -2.20. The second kappa shape index (κ2) is 9.04. The van der Waals surface area contributed by atoms with Crippen molar-refractivity contribution in [3.63, 3.8) is 0 Å². The zero-order valence-electron chi connectivity index (χ0n) is 17.4. The lowest BCUT2D eigenvalue weighted by Gasteiger charge is -2.14. The van der Waals surface area contributed by atoms with Crippen LogP contribution in [0.5, 0.6) is 0 Å². The van der Waals surface area contributed by atoms with Crippen molar-refractivity contribution >= 4 is 22.7 Å². The Labute approximate surface area is 180 Å². The Hall–Kier alpha value is -2.61. The number of benzene rings is 2. The van der Waals surface area contributed by atoms with Crippen molar-refractivity contribution in [2.45, 2.75) is 38.1 Å². The molecular formula is C23H26N4O2S. The highest BCUT2D eigenvalue weighted by molar-refractivity contribution is 7.99. The number of H-pyrrole nitrogens is 1. The van der Waals surface area contributed by atoms with E-state index in [1.54, 1.807) is 0 Å². The number of hydrogen-bond acceptors (Lipinski definition) is 5. The molecule has 0 radical (unpaired) electrons. The highest BCUT2D eigenvalue weighted by Crippen LogP contribution is 2.32. The summed E-state index contributed by atoms with van der Waals surface area (Å²) in [6.07, 6.45) is 1.49. The second-order valence-electron chi connectivity index (χ2n) is 7.58. The number of para-hydroxylation sites is 1. The molecule has 2 aromatic carbocycles. The van der Waals surface area contributed by atoms with Crippen molar-refractivity contribution in [3.05, 3.63) is 60.3 Å². The Bertz CT molecular complexity index is 1140. The van der Waals surface area contributed by atoms with E-state index in [9.17, 15) is 5.11 Å². The number of hydrogen-bond donors (Lipinski definition) is 2. The maximum absolute atomic E-state index is 10.3. The second-order valence-corrected chi connectivity index (χ2v) is 8.56. The summed E-state index contributed by atoms with van der Waals surface area (Å²) in [5.41, 5.74) is 4.21. The molecular weight excluding hydrogens is 396 g/mol. The number of thioether (sulfide) groups is 1. The first-order valence-electron chi connectivity index (χ1n) is 10.0. The predicted molar refractivity (Wildman–Crippen MR) is 121 cm³/mol. The van der Waals surface area contributed by atoms with Gasteiger partial charge in [-0.1, -0.05) is 42.1 Å². The van der Waals surface area contributed by atoms with E-state index in [0.717, 1.165) is 38.7 Å². The van der Waals surface area contributed by atoms with Gasteiger partial charge in [0.1, 0.15) is 0 Å². The van der Waals surface area contributed by atoms with Crippen LogP contribution in [0.15, 0.2) is 59.9 Å². The number of rotatable bonds is 8. The molecule has 2 aromatic heterocycles. The van der Waals surface area contributed by atoms with E-state index >= 15 is 0 Å². The summed E-state index contributed by atoms with van der Waals surface area (Å²) in [7, 11) is 0. The first-order chi connectivity index (χ1) is 14.5. The standard InChI is InChI=1S/C23H26N4O2S/c1-15(2)29-13-18(28)14-30-23-26-25-22(27(23)17-8-6-7-16(3)11-17)20-12-24-21-10-5-4-9-19(20)21/h4-12,15,18,24,28H,13-14H2,1-3H3. The van der Waals surface area contributed by atoms with E-state index in [1.807, 2.05) is 44.3 Å². The molecule has 156 valence electrons. The van der Waals surface area contributed by atoms with Gasteiger partial charge in [0.05, 0.1) is 18.8 Å². The number of nitrogens with one attached hydrogen (secondary N) is 1. The lowest BCUT2D eigenvalue weighted by atomic mass is 10.1. The normalized spacial score (nSPS) is 12.7. The van der Waals surface area contributed by atoms with Gasteiger partial charge in [0, 0.05) is 34.1 Å². The molecule has 1 atom stereocenters. The van der Waals surface area contributed by atoms with Gasteiger partial charge in [-0.05, 0) is 44.5 Å². The van der Waals surface area contributed by atoms with Crippen molar-refractivity contribution in [2.75, 3.05) is 12.4 Å². The molecule has 0 fully saturated rings. The van der Waals surface area contributed by atoms with Crippen molar-refractivity contribution < 1.29 is 9.84 Å². The van der Waals surface area contributed by atoms with Gasteiger partial charge >= 0.3 is 0 Å². The molecule has 0 amide bonds. The fourth-order valence-electron chi connectivity index (χ4n) is 3.32. The number of ether oxygens (including phenoxy) is 1. The highest BCUT2D eigenvalue weighted by atomic mass is 32.2. The molecule has 0 saturated heterocycles. The third kappa shape index (κ3) is 4.43. The number of aryl methyl sites for hydroxylation is 1. The quantitative estimate of drug-likeness (QED) is 0.406. The van der Waals surface area contributed by atoms with Crippen LogP contribution in [0.1, 0.15) is 19.4 Å². The van der Waals surface area contributed by atoms with E-state index in [1.165, 1.54) is 11.8 Å². The summed E-state index contributed by atoms with van der Waals surface area (Å²) < 4.78 is 7.58. The molecule has 6 nitrogen and oxygen atoms in total. The fraction of sp³-hybridized carbons (Fsp3) is 0.304. The molecule has 0 aliphatic heterocycles. The Morgan fingerprint density at radius 1 is 1.13 bits per heavy atom. The third-order valence-electron chi connectivity index (χ3n) is 4.75. The number of aliphatic hydroxyl groups is 1. The van der Waals surface area contributed by atoms with Crippen LogP contribution in [0.4, 0.5) is 0 Å². The zero-order valence-corrected chi connectivity index (χ0v) is 18.2. The van der Waals surface area contributed by atoms with Crippen molar-refractivity contribution in [2.24, 2.45) is 0 Å². The van der Waals surface area contributed by atoms with Crippen LogP contribution >= 0.6 is 11.8 Å². The van der Waals surface area contributed by atoms with Gasteiger partial charge in [-0.15, -0.1) is 10.2 Å². The topological polar surface area (TPSA) is 76.0 Å². The van der Waals surface area contributed by atoms with E-state index < -0.39 is 6.10 Å². The van der Waals surface area contributed by atoms with Gasteiger partial charge < -0.3 is 14.8 Å². The van der Waals surface area contributed by atoms with Gasteiger partial charge in [0.15, 0.2) is 11.0 Å². The SMILES string of the molecule is Cc1cccc(-n2c(SCC(O)COC(C)C)nnc2-c2c[nH]c3ccccc23)c1. The summed E-state index contributed by atoms with van der Waals surface area (Å²) in [4.78, 5) is 3.32. The van der Waals surface area contributed by atoms with E-state index in [2.05, 4.69) is 50.9 Å². The van der Waals surface area contributed by atoms with Gasteiger partial charge in [-0.3, -0.25) is 4.57 Å². The van der Waals surface area contributed by atoms with E-state index in [4.69, 9.17) is 4.74 Å². The van der Waals surface area contributed by atoms with E-state index in [0.29, 0.717) is 12.4 Å². The number of fused-ring (bicyclic) bond motifs is 1. The Kier molecular flexibility index (Phi) is 6.22. The molecule has 4 aromatic rings. The van der Waals surface area contributed by atoms with Gasteiger partial charge in [0.25, 0.3) is 0 Å². The molecule has 4 rings (SSSR count). The van der Waals surface area contributed by atoms with Crippen molar-refractivity contribution in [1.82, 2.24) is 19.7 Å². The smallest absolute Gasteiger partial charge is 0.196 e. The van der Waals surface area contributed by atoms with Crippen LogP contribution in [0, 0.1) is 6.92 Å². The Balaban J connectivity index is 1.71. The number of nitrogens with zero attached hydrogens (tertiary/aromatic N) is 3. The number of aromatic nitrogens is 4. The summed E-state index contributed by atoms with van der Waals surface area (Å²) in [6.45, 7) is 6.29. The summed E-state index contributed by atoms with van der Waals surface area (Å²) in [5.74, 6) is 1.25. The van der Waals surface area contributed by atoms with Crippen LogP contribution in [-0.4, -0.2) is 49.4 Å². The highest BCUT2D eigenvalue weighted by Gasteiger charge is 2.20. The van der Waals surface area contributed by atoms with Crippen LogP contribution < -0.4 is 0 Å². The summed E-state index contributed by atoms with van der Waals surface area (Å²) in [5, 5.41) is 21.1. The van der Waals surface area contributed by atoms with Crippen LogP contribution in [-0.2, 0) is 4.74 Å². The first kappa shape index (κ1) is 20.7. The summed E-state index contributed by atoms with van der Waals surface area (Å²) >= 11 is 1.48. The molecule has 0 bridgehead atoms. The van der Waals surface area contributed by atoms with Gasteiger partial charge in [-0.2, -0.15) is 0 Å². The molecule has 7 heteroatoms. The minimum Gasteiger partial charge on any atom is -0.390 e. The summed E-state index contributed by atoms with van der Waals surface area (Å²) in [6, 6.07) is 16.4. The molecule has 2 N–H and O–H groups in total. The van der Waals surface area contributed by atoms with Crippen molar-refractivity contribution in [1.29, 1.82) is 0 Å².